The molecule has 0 saturated carbocycles. The van der Waals surface area contributed by atoms with E-state index in [9.17, 15) is 22.8 Å². The maximum Gasteiger partial charge on any atom is 0.307 e. The van der Waals surface area contributed by atoms with Gasteiger partial charge in [0.25, 0.3) is 5.56 Å². The number of halogens is 1. The number of benzene rings is 1. The van der Waals surface area contributed by atoms with Gasteiger partial charge in [0.1, 0.15) is 6.54 Å². The second-order valence-corrected chi connectivity index (χ2v) is 9.25. The van der Waals surface area contributed by atoms with Crippen molar-refractivity contribution in [3.8, 4) is 0 Å². The highest BCUT2D eigenvalue weighted by atomic mass is 35.5. The zero-order valence-electron chi connectivity index (χ0n) is 18.1. The Balaban J connectivity index is 2.27. The Kier molecular flexibility index (Phi) is 8.99. The van der Waals surface area contributed by atoms with Gasteiger partial charge in [0.05, 0.1) is 24.5 Å². The summed E-state index contributed by atoms with van der Waals surface area (Å²) in [6.07, 6.45) is 1.02. The Morgan fingerprint density at radius 2 is 1.75 bits per heavy atom. The van der Waals surface area contributed by atoms with E-state index in [1.165, 1.54) is 17.5 Å². The minimum absolute atomic E-state index is 0.0857. The van der Waals surface area contributed by atoms with Crippen LogP contribution in [0.3, 0.4) is 0 Å². The van der Waals surface area contributed by atoms with Gasteiger partial charge in [-0.05, 0) is 23.8 Å². The van der Waals surface area contributed by atoms with Crippen LogP contribution in [0.2, 0.25) is 5.02 Å². The van der Waals surface area contributed by atoms with E-state index in [0.29, 0.717) is 10.6 Å². The predicted octanol–water partition coefficient (Wildman–Crippen LogP) is 1.95. The molecular formula is C21H26ClN3O6S. The summed E-state index contributed by atoms with van der Waals surface area (Å²) in [6, 6.07) is 8.19. The SMILES string of the molecule is CCN(CC)S(=O)(=O)c1ccc(=O)n(CC(=O)NC(CC(=O)OC)c2ccc(Cl)cc2)c1. The summed E-state index contributed by atoms with van der Waals surface area (Å²) in [5.74, 6) is -1.11. The van der Waals surface area contributed by atoms with E-state index in [2.05, 4.69) is 5.32 Å². The zero-order chi connectivity index (χ0) is 23.9. The lowest BCUT2D eigenvalue weighted by Gasteiger charge is -2.20. The van der Waals surface area contributed by atoms with Crippen LogP contribution >= 0.6 is 11.6 Å². The molecule has 0 aliphatic rings. The second kappa shape index (κ2) is 11.3. The first kappa shape index (κ1) is 25.6. The summed E-state index contributed by atoms with van der Waals surface area (Å²) >= 11 is 5.91. The molecule has 0 saturated heterocycles. The molecule has 1 aromatic heterocycles. The summed E-state index contributed by atoms with van der Waals surface area (Å²) in [7, 11) is -2.56. The lowest BCUT2D eigenvalue weighted by atomic mass is 10.0. The van der Waals surface area contributed by atoms with Gasteiger partial charge in [0, 0.05) is 30.4 Å². The number of carbonyl (C=O) groups is 2. The van der Waals surface area contributed by atoms with Crippen molar-refractivity contribution in [2.75, 3.05) is 20.2 Å². The van der Waals surface area contributed by atoms with Crippen LogP contribution in [0.4, 0.5) is 0 Å². The summed E-state index contributed by atoms with van der Waals surface area (Å²) in [4.78, 5) is 36.6. The quantitative estimate of drug-likeness (QED) is 0.516. The highest BCUT2D eigenvalue weighted by molar-refractivity contribution is 7.89. The van der Waals surface area contributed by atoms with Gasteiger partial charge in [-0.25, -0.2) is 8.42 Å². The molecule has 11 heteroatoms. The third kappa shape index (κ3) is 6.41. The Bertz CT molecular complexity index is 1110. The number of sulfonamides is 1. The summed E-state index contributed by atoms with van der Waals surface area (Å²) in [6.45, 7) is 3.54. The maximum absolute atomic E-state index is 12.7. The van der Waals surface area contributed by atoms with Gasteiger partial charge >= 0.3 is 5.97 Å². The molecule has 174 valence electrons. The normalized spacial score (nSPS) is 12.4. The summed E-state index contributed by atoms with van der Waals surface area (Å²) in [5.41, 5.74) is 0.0908. The number of esters is 1. The monoisotopic (exact) mass is 483 g/mol. The Morgan fingerprint density at radius 1 is 1.12 bits per heavy atom. The fourth-order valence-electron chi connectivity index (χ4n) is 3.09. The van der Waals surface area contributed by atoms with Crippen molar-refractivity contribution >= 4 is 33.5 Å². The smallest absolute Gasteiger partial charge is 0.307 e. The molecule has 0 aliphatic carbocycles. The molecule has 0 radical (unpaired) electrons. The number of pyridine rings is 1. The molecular weight excluding hydrogens is 458 g/mol. The predicted molar refractivity (Wildman–Crippen MR) is 120 cm³/mol. The lowest BCUT2D eigenvalue weighted by molar-refractivity contribution is -0.141. The number of rotatable bonds is 10. The first-order chi connectivity index (χ1) is 15.1. The van der Waals surface area contributed by atoms with E-state index in [1.54, 1.807) is 38.1 Å². The van der Waals surface area contributed by atoms with Crippen molar-refractivity contribution in [1.82, 2.24) is 14.2 Å². The molecule has 0 aliphatic heterocycles. The van der Waals surface area contributed by atoms with Crippen LogP contribution in [0.1, 0.15) is 31.9 Å². The van der Waals surface area contributed by atoms with Crippen molar-refractivity contribution in [2.45, 2.75) is 37.8 Å². The van der Waals surface area contributed by atoms with E-state index in [4.69, 9.17) is 16.3 Å². The molecule has 0 spiro atoms. The highest BCUT2D eigenvalue weighted by Crippen LogP contribution is 2.20. The van der Waals surface area contributed by atoms with Crippen LogP contribution in [-0.2, 0) is 30.9 Å². The van der Waals surface area contributed by atoms with Gasteiger partial charge in [-0.1, -0.05) is 37.6 Å². The fourth-order valence-corrected chi connectivity index (χ4v) is 4.69. The van der Waals surface area contributed by atoms with Gasteiger partial charge in [-0.3, -0.25) is 14.4 Å². The van der Waals surface area contributed by atoms with Crippen LogP contribution in [-0.4, -0.2) is 49.4 Å². The third-order valence-corrected chi connectivity index (χ3v) is 7.10. The van der Waals surface area contributed by atoms with Gasteiger partial charge in [0.15, 0.2) is 0 Å². The van der Waals surface area contributed by atoms with E-state index in [0.717, 1.165) is 16.8 Å². The van der Waals surface area contributed by atoms with Crippen LogP contribution in [0.5, 0.6) is 0 Å². The number of aromatic nitrogens is 1. The number of carbonyl (C=O) groups excluding carboxylic acids is 2. The molecule has 0 bridgehead atoms. The van der Waals surface area contributed by atoms with E-state index in [1.807, 2.05) is 0 Å². The lowest BCUT2D eigenvalue weighted by Crippen LogP contribution is -2.36. The van der Waals surface area contributed by atoms with Crippen LogP contribution in [0, 0.1) is 0 Å². The van der Waals surface area contributed by atoms with Crippen LogP contribution in [0.15, 0.2) is 52.3 Å². The number of amides is 1. The first-order valence-electron chi connectivity index (χ1n) is 9.94. The average molecular weight is 484 g/mol. The molecule has 1 aromatic carbocycles. The molecule has 1 atom stereocenters. The molecule has 1 heterocycles. The van der Waals surface area contributed by atoms with E-state index in [-0.39, 0.29) is 24.4 Å². The van der Waals surface area contributed by atoms with Crippen molar-refractivity contribution in [2.24, 2.45) is 0 Å². The highest BCUT2D eigenvalue weighted by Gasteiger charge is 2.23. The van der Waals surface area contributed by atoms with Gasteiger partial charge in [-0.15, -0.1) is 0 Å². The number of methoxy groups -OCH3 is 1. The number of nitrogens with zero attached hydrogens (tertiary/aromatic N) is 2. The molecule has 0 fully saturated rings. The Hall–Kier alpha value is -2.69. The van der Waals surface area contributed by atoms with Crippen molar-refractivity contribution in [3.05, 3.63) is 63.5 Å². The van der Waals surface area contributed by atoms with Crippen molar-refractivity contribution < 1.29 is 22.7 Å². The molecule has 2 rings (SSSR count). The molecule has 1 unspecified atom stereocenters. The molecule has 2 aromatic rings. The van der Waals surface area contributed by atoms with Crippen LogP contribution < -0.4 is 10.9 Å². The molecule has 32 heavy (non-hydrogen) atoms. The average Bonchev–Trinajstić information content (AvgIpc) is 2.75. The van der Waals surface area contributed by atoms with E-state index >= 15 is 0 Å². The second-order valence-electron chi connectivity index (χ2n) is 6.87. The number of hydrogen-bond donors (Lipinski definition) is 1. The standard InChI is InChI=1S/C21H26ClN3O6S/c1-4-25(5-2)32(29,30)17-10-11-20(27)24(13-17)14-19(26)23-18(12-21(28)31-3)15-6-8-16(22)9-7-15/h6-11,13,18H,4-5,12,14H2,1-3H3,(H,23,26). The molecule has 1 N–H and O–H groups in total. The first-order valence-corrected chi connectivity index (χ1v) is 11.8. The molecule has 9 nitrogen and oxygen atoms in total. The minimum Gasteiger partial charge on any atom is -0.469 e. The number of hydrogen-bond acceptors (Lipinski definition) is 6. The van der Waals surface area contributed by atoms with E-state index < -0.39 is 40.0 Å². The van der Waals surface area contributed by atoms with Crippen LogP contribution in [0.25, 0.3) is 0 Å². The zero-order valence-corrected chi connectivity index (χ0v) is 19.6. The summed E-state index contributed by atoms with van der Waals surface area (Å²) < 4.78 is 32.4. The molecule has 1 amide bonds. The van der Waals surface area contributed by atoms with Gasteiger partial charge in [0.2, 0.25) is 15.9 Å². The van der Waals surface area contributed by atoms with Gasteiger partial charge < -0.3 is 14.6 Å². The Morgan fingerprint density at radius 3 is 2.31 bits per heavy atom. The largest absolute Gasteiger partial charge is 0.469 e. The Labute approximate surface area is 192 Å². The third-order valence-electron chi connectivity index (χ3n) is 4.82. The maximum atomic E-state index is 12.7. The van der Waals surface area contributed by atoms with Crippen molar-refractivity contribution in [3.63, 3.8) is 0 Å². The minimum atomic E-state index is -3.80. The number of nitrogens with one attached hydrogen (secondary N) is 1. The van der Waals surface area contributed by atoms with Crippen molar-refractivity contribution in [1.29, 1.82) is 0 Å². The fraction of sp³-hybridized carbons (Fsp3) is 0.381. The summed E-state index contributed by atoms with van der Waals surface area (Å²) in [5, 5.41) is 3.19. The number of ether oxygens (including phenoxy) is 1. The topological polar surface area (TPSA) is 115 Å². The van der Waals surface area contributed by atoms with Gasteiger partial charge in [-0.2, -0.15) is 4.31 Å².